The van der Waals surface area contributed by atoms with E-state index in [0.717, 1.165) is 5.56 Å². The number of rotatable bonds is 5. The number of carbonyl (C=O) groups excluding carboxylic acids is 1. The maximum atomic E-state index is 12.3. The molecule has 0 amide bonds. The number of benzene rings is 1. The van der Waals surface area contributed by atoms with Crippen molar-refractivity contribution < 1.29 is 9.53 Å². The van der Waals surface area contributed by atoms with Gasteiger partial charge in [0, 0.05) is 0 Å². The average Bonchev–Trinajstić information content (AvgIpc) is 2.30. The van der Waals surface area contributed by atoms with E-state index in [1.54, 1.807) is 0 Å². The van der Waals surface area contributed by atoms with Gasteiger partial charge in [0.05, 0.1) is 12.5 Å². The first kappa shape index (κ1) is 14.7. The standard InChI is InChI=1S/C16H24O2/c1-6-18-15(17)14(16(4,5)12(2)3)13-10-8-7-9-11-13/h7-12,14H,6H2,1-5H3. The molecule has 0 aliphatic heterocycles. The summed E-state index contributed by atoms with van der Waals surface area (Å²) in [6, 6.07) is 9.92. The number of ether oxygens (including phenoxy) is 1. The zero-order valence-electron chi connectivity index (χ0n) is 12.1. The molecule has 0 aromatic heterocycles. The second kappa shape index (κ2) is 6.03. The van der Waals surface area contributed by atoms with Gasteiger partial charge >= 0.3 is 5.97 Å². The lowest BCUT2D eigenvalue weighted by Gasteiger charge is -2.36. The molecular formula is C16H24O2. The highest BCUT2D eigenvalue weighted by Gasteiger charge is 2.39. The first-order valence-electron chi connectivity index (χ1n) is 6.62. The van der Waals surface area contributed by atoms with E-state index in [-0.39, 0.29) is 17.3 Å². The van der Waals surface area contributed by atoms with Gasteiger partial charge in [0.15, 0.2) is 0 Å². The van der Waals surface area contributed by atoms with Gasteiger partial charge in [-0.3, -0.25) is 4.79 Å². The zero-order chi connectivity index (χ0) is 13.8. The van der Waals surface area contributed by atoms with Crippen LogP contribution in [0, 0.1) is 11.3 Å². The molecule has 0 saturated heterocycles. The fraction of sp³-hybridized carbons (Fsp3) is 0.562. The molecule has 0 radical (unpaired) electrons. The van der Waals surface area contributed by atoms with Crippen LogP contribution >= 0.6 is 0 Å². The zero-order valence-corrected chi connectivity index (χ0v) is 12.1. The Labute approximate surface area is 110 Å². The molecule has 2 heteroatoms. The summed E-state index contributed by atoms with van der Waals surface area (Å²) in [4.78, 5) is 12.3. The predicted octanol–water partition coefficient (Wildman–Crippen LogP) is 4.02. The fourth-order valence-corrected chi connectivity index (χ4v) is 2.07. The van der Waals surface area contributed by atoms with Gasteiger partial charge in [-0.15, -0.1) is 0 Å². The smallest absolute Gasteiger partial charge is 0.313 e. The van der Waals surface area contributed by atoms with Crippen molar-refractivity contribution in [1.82, 2.24) is 0 Å². The van der Waals surface area contributed by atoms with Gasteiger partial charge in [0.1, 0.15) is 0 Å². The Morgan fingerprint density at radius 2 is 1.78 bits per heavy atom. The summed E-state index contributed by atoms with van der Waals surface area (Å²) in [5, 5.41) is 0. The summed E-state index contributed by atoms with van der Waals surface area (Å²) in [7, 11) is 0. The van der Waals surface area contributed by atoms with Crippen molar-refractivity contribution in [1.29, 1.82) is 0 Å². The van der Waals surface area contributed by atoms with Crippen molar-refractivity contribution in [3.05, 3.63) is 35.9 Å². The third kappa shape index (κ3) is 3.12. The SMILES string of the molecule is CCOC(=O)C(c1ccccc1)C(C)(C)C(C)C. The Morgan fingerprint density at radius 1 is 1.22 bits per heavy atom. The normalized spacial score (nSPS) is 13.4. The minimum absolute atomic E-state index is 0.123. The maximum absolute atomic E-state index is 12.3. The minimum atomic E-state index is -0.210. The quantitative estimate of drug-likeness (QED) is 0.736. The molecule has 1 aromatic carbocycles. The second-order valence-electron chi connectivity index (χ2n) is 5.57. The van der Waals surface area contributed by atoms with E-state index in [9.17, 15) is 4.79 Å². The van der Waals surface area contributed by atoms with Gasteiger partial charge in [0.25, 0.3) is 0 Å². The lowest BCUT2D eigenvalue weighted by Crippen LogP contribution is -2.34. The predicted molar refractivity (Wildman–Crippen MR) is 74.4 cm³/mol. The van der Waals surface area contributed by atoms with Gasteiger partial charge in [-0.05, 0) is 23.8 Å². The Balaban J connectivity index is 3.15. The second-order valence-corrected chi connectivity index (χ2v) is 5.57. The van der Waals surface area contributed by atoms with Gasteiger partial charge in [-0.1, -0.05) is 58.0 Å². The largest absolute Gasteiger partial charge is 0.466 e. The van der Waals surface area contributed by atoms with Crippen LogP contribution in [0.2, 0.25) is 0 Å². The molecule has 1 atom stereocenters. The summed E-state index contributed by atoms with van der Waals surface area (Å²) in [5.41, 5.74) is 0.905. The lowest BCUT2D eigenvalue weighted by atomic mass is 9.68. The van der Waals surface area contributed by atoms with Crippen molar-refractivity contribution in [2.24, 2.45) is 11.3 Å². The molecule has 0 spiro atoms. The monoisotopic (exact) mass is 248 g/mol. The van der Waals surface area contributed by atoms with E-state index in [0.29, 0.717) is 12.5 Å². The van der Waals surface area contributed by atoms with Crippen LogP contribution in [-0.2, 0) is 9.53 Å². The molecule has 0 N–H and O–H groups in total. The van der Waals surface area contributed by atoms with Crippen molar-refractivity contribution >= 4 is 5.97 Å². The van der Waals surface area contributed by atoms with Crippen LogP contribution in [0.4, 0.5) is 0 Å². The number of esters is 1. The van der Waals surface area contributed by atoms with Crippen LogP contribution < -0.4 is 0 Å². The van der Waals surface area contributed by atoms with Crippen LogP contribution in [0.1, 0.15) is 46.1 Å². The molecule has 18 heavy (non-hydrogen) atoms. The van der Waals surface area contributed by atoms with Crippen molar-refractivity contribution in [2.75, 3.05) is 6.61 Å². The molecule has 2 nitrogen and oxygen atoms in total. The highest BCUT2D eigenvalue weighted by atomic mass is 16.5. The van der Waals surface area contributed by atoms with Gasteiger partial charge in [-0.25, -0.2) is 0 Å². The van der Waals surface area contributed by atoms with E-state index in [1.807, 2.05) is 37.3 Å². The maximum Gasteiger partial charge on any atom is 0.313 e. The molecule has 1 aromatic rings. The van der Waals surface area contributed by atoms with Crippen LogP contribution in [0.5, 0.6) is 0 Å². The van der Waals surface area contributed by atoms with Crippen LogP contribution in [0.15, 0.2) is 30.3 Å². The van der Waals surface area contributed by atoms with Crippen molar-refractivity contribution in [2.45, 2.75) is 40.5 Å². The first-order chi connectivity index (χ1) is 8.41. The summed E-state index contributed by atoms with van der Waals surface area (Å²) in [5.74, 6) is 0.0631. The molecule has 0 aliphatic carbocycles. The van der Waals surface area contributed by atoms with Crippen molar-refractivity contribution in [3.8, 4) is 0 Å². The number of carbonyl (C=O) groups is 1. The molecular weight excluding hydrogens is 224 g/mol. The van der Waals surface area contributed by atoms with Gasteiger partial charge in [0.2, 0.25) is 0 Å². The van der Waals surface area contributed by atoms with E-state index in [4.69, 9.17) is 4.74 Å². The average molecular weight is 248 g/mol. The van der Waals surface area contributed by atoms with Crippen LogP contribution in [-0.4, -0.2) is 12.6 Å². The fourth-order valence-electron chi connectivity index (χ4n) is 2.07. The minimum Gasteiger partial charge on any atom is -0.466 e. The molecule has 100 valence electrons. The molecule has 0 aliphatic rings. The molecule has 0 fully saturated rings. The topological polar surface area (TPSA) is 26.3 Å². The summed E-state index contributed by atoms with van der Waals surface area (Å²) in [6.07, 6.45) is 0. The third-order valence-electron chi connectivity index (χ3n) is 3.89. The van der Waals surface area contributed by atoms with Gasteiger partial charge < -0.3 is 4.74 Å². The van der Waals surface area contributed by atoms with Crippen molar-refractivity contribution in [3.63, 3.8) is 0 Å². The molecule has 1 rings (SSSR count). The molecule has 0 heterocycles. The summed E-state index contributed by atoms with van der Waals surface area (Å²) < 4.78 is 5.26. The van der Waals surface area contributed by atoms with E-state index in [2.05, 4.69) is 27.7 Å². The Hall–Kier alpha value is -1.31. The number of hydrogen-bond donors (Lipinski definition) is 0. The van der Waals surface area contributed by atoms with E-state index < -0.39 is 0 Å². The van der Waals surface area contributed by atoms with Crippen LogP contribution in [0.25, 0.3) is 0 Å². The van der Waals surface area contributed by atoms with E-state index in [1.165, 1.54) is 0 Å². The molecule has 0 saturated carbocycles. The number of hydrogen-bond acceptors (Lipinski definition) is 2. The Bertz CT molecular complexity index is 379. The highest BCUT2D eigenvalue weighted by molar-refractivity contribution is 5.79. The Kier molecular flexibility index (Phi) is 4.94. The Morgan fingerprint density at radius 3 is 2.22 bits per heavy atom. The van der Waals surface area contributed by atoms with Crippen LogP contribution in [0.3, 0.4) is 0 Å². The van der Waals surface area contributed by atoms with Gasteiger partial charge in [-0.2, -0.15) is 0 Å². The molecule has 0 bridgehead atoms. The molecule has 1 unspecified atom stereocenters. The first-order valence-corrected chi connectivity index (χ1v) is 6.62. The highest BCUT2D eigenvalue weighted by Crippen LogP contribution is 2.42. The summed E-state index contributed by atoms with van der Waals surface area (Å²) >= 11 is 0. The third-order valence-corrected chi connectivity index (χ3v) is 3.89. The van der Waals surface area contributed by atoms with E-state index >= 15 is 0 Å². The summed E-state index contributed by atoms with van der Waals surface area (Å²) in [6.45, 7) is 10.8. The lowest BCUT2D eigenvalue weighted by molar-refractivity contribution is -0.148.